The molecule has 0 aromatic heterocycles. The number of rotatable bonds is 7. The van der Waals surface area contributed by atoms with Crippen LogP contribution in [0.5, 0.6) is 17.2 Å². The third-order valence-corrected chi connectivity index (χ3v) is 3.95. The summed E-state index contributed by atoms with van der Waals surface area (Å²) in [7, 11) is 4.64. The highest BCUT2D eigenvalue weighted by Crippen LogP contribution is 2.36. The summed E-state index contributed by atoms with van der Waals surface area (Å²) in [6.07, 6.45) is 0.491. The van der Waals surface area contributed by atoms with Crippen LogP contribution < -0.4 is 19.9 Å². The minimum absolute atomic E-state index is 0.188. The van der Waals surface area contributed by atoms with E-state index >= 15 is 0 Å². The predicted octanol–water partition coefficient (Wildman–Crippen LogP) is 3.28. The Morgan fingerprint density at radius 2 is 1.50 bits per heavy atom. The van der Waals surface area contributed by atoms with E-state index in [9.17, 15) is 8.78 Å². The molecule has 1 atom stereocenters. The van der Waals surface area contributed by atoms with E-state index in [0.717, 1.165) is 11.6 Å². The first-order valence-corrected chi connectivity index (χ1v) is 7.47. The molecule has 0 aliphatic carbocycles. The average molecular weight is 337 g/mol. The quantitative estimate of drug-likeness (QED) is 0.842. The SMILES string of the molecule is COc1cc(OC)c(OC)cc1CC(CN)c1ccc(F)c(F)c1. The van der Waals surface area contributed by atoms with Crippen molar-refractivity contribution in [2.75, 3.05) is 27.9 Å². The zero-order valence-corrected chi connectivity index (χ0v) is 13.9. The molecular weight excluding hydrogens is 316 g/mol. The Labute approximate surface area is 140 Å². The first-order chi connectivity index (χ1) is 11.5. The number of ether oxygens (including phenoxy) is 3. The Kier molecular flexibility index (Phi) is 5.98. The van der Waals surface area contributed by atoms with Crippen LogP contribution >= 0.6 is 0 Å². The molecule has 2 aromatic carbocycles. The van der Waals surface area contributed by atoms with E-state index in [0.29, 0.717) is 29.2 Å². The molecule has 0 amide bonds. The van der Waals surface area contributed by atoms with Gasteiger partial charge >= 0.3 is 0 Å². The summed E-state index contributed by atoms with van der Waals surface area (Å²) in [6, 6.07) is 7.37. The minimum atomic E-state index is -0.884. The maximum atomic E-state index is 13.5. The molecule has 130 valence electrons. The Morgan fingerprint density at radius 3 is 2.04 bits per heavy atom. The molecule has 1 unspecified atom stereocenters. The maximum absolute atomic E-state index is 13.5. The Bertz CT molecular complexity index is 707. The average Bonchev–Trinajstić information content (AvgIpc) is 2.61. The van der Waals surface area contributed by atoms with Gasteiger partial charge in [-0.25, -0.2) is 8.78 Å². The Balaban J connectivity index is 2.37. The lowest BCUT2D eigenvalue weighted by atomic mass is 9.91. The fourth-order valence-electron chi connectivity index (χ4n) is 2.62. The van der Waals surface area contributed by atoms with Gasteiger partial charge in [0.05, 0.1) is 21.3 Å². The molecule has 0 radical (unpaired) electrons. The van der Waals surface area contributed by atoms with E-state index in [1.807, 2.05) is 0 Å². The topological polar surface area (TPSA) is 53.7 Å². The number of methoxy groups -OCH3 is 3. The molecule has 0 fully saturated rings. The molecule has 0 heterocycles. The van der Waals surface area contributed by atoms with Gasteiger partial charge in [0.15, 0.2) is 23.1 Å². The van der Waals surface area contributed by atoms with Crippen LogP contribution in [0, 0.1) is 11.6 Å². The van der Waals surface area contributed by atoms with Gasteiger partial charge in [0.25, 0.3) is 0 Å². The normalized spacial score (nSPS) is 11.9. The number of hydrogen-bond donors (Lipinski definition) is 1. The molecule has 2 aromatic rings. The van der Waals surface area contributed by atoms with Crippen molar-refractivity contribution in [1.82, 2.24) is 0 Å². The fraction of sp³-hybridized carbons (Fsp3) is 0.333. The molecule has 0 saturated carbocycles. The largest absolute Gasteiger partial charge is 0.496 e. The molecule has 6 heteroatoms. The summed E-state index contributed by atoms with van der Waals surface area (Å²) in [4.78, 5) is 0. The van der Waals surface area contributed by atoms with Crippen molar-refractivity contribution in [2.24, 2.45) is 5.73 Å². The molecule has 2 N–H and O–H groups in total. The van der Waals surface area contributed by atoms with Gasteiger partial charge in [-0.15, -0.1) is 0 Å². The van der Waals surface area contributed by atoms with Crippen molar-refractivity contribution in [1.29, 1.82) is 0 Å². The molecular formula is C18H21F2NO3. The van der Waals surface area contributed by atoms with Crippen LogP contribution in [0.2, 0.25) is 0 Å². The first-order valence-electron chi connectivity index (χ1n) is 7.47. The molecule has 0 bridgehead atoms. The van der Waals surface area contributed by atoms with Gasteiger partial charge in [0.2, 0.25) is 0 Å². The van der Waals surface area contributed by atoms with Gasteiger partial charge in [-0.2, -0.15) is 0 Å². The van der Waals surface area contributed by atoms with Crippen molar-refractivity contribution in [3.05, 3.63) is 53.1 Å². The van der Waals surface area contributed by atoms with Crippen molar-refractivity contribution in [2.45, 2.75) is 12.3 Å². The van der Waals surface area contributed by atoms with E-state index in [2.05, 4.69) is 0 Å². The lowest BCUT2D eigenvalue weighted by Crippen LogP contribution is -2.16. The number of nitrogens with two attached hydrogens (primary N) is 1. The number of benzene rings is 2. The Hall–Kier alpha value is -2.34. The lowest BCUT2D eigenvalue weighted by molar-refractivity contribution is 0.347. The molecule has 0 aliphatic rings. The van der Waals surface area contributed by atoms with Crippen LogP contribution in [0.1, 0.15) is 17.0 Å². The lowest BCUT2D eigenvalue weighted by Gasteiger charge is -2.19. The van der Waals surface area contributed by atoms with Gasteiger partial charge < -0.3 is 19.9 Å². The third kappa shape index (κ3) is 3.76. The van der Waals surface area contributed by atoms with Crippen LogP contribution in [-0.4, -0.2) is 27.9 Å². The Morgan fingerprint density at radius 1 is 0.875 bits per heavy atom. The zero-order chi connectivity index (χ0) is 17.7. The molecule has 0 aliphatic heterocycles. The highest BCUT2D eigenvalue weighted by Gasteiger charge is 2.18. The summed E-state index contributed by atoms with van der Waals surface area (Å²) in [5.74, 6) is -0.214. The van der Waals surface area contributed by atoms with Gasteiger partial charge in [0.1, 0.15) is 5.75 Å². The third-order valence-electron chi connectivity index (χ3n) is 3.95. The van der Waals surface area contributed by atoms with E-state index in [1.54, 1.807) is 39.5 Å². The van der Waals surface area contributed by atoms with Gasteiger partial charge in [0, 0.05) is 12.0 Å². The molecule has 24 heavy (non-hydrogen) atoms. The first kappa shape index (κ1) is 18.0. The summed E-state index contributed by atoms with van der Waals surface area (Å²) in [5, 5.41) is 0. The van der Waals surface area contributed by atoms with E-state index in [4.69, 9.17) is 19.9 Å². The van der Waals surface area contributed by atoms with Crippen LogP contribution in [0.25, 0.3) is 0 Å². The predicted molar refractivity (Wildman–Crippen MR) is 88.0 cm³/mol. The summed E-state index contributed by atoms with van der Waals surface area (Å²) in [5.41, 5.74) is 7.32. The smallest absolute Gasteiger partial charge is 0.164 e. The van der Waals surface area contributed by atoms with E-state index in [1.165, 1.54) is 6.07 Å². The van der Waals surface area contributed by atoms with E-state index in [-0.39, 0.29) is 12.5 Å². The molecule has 2 rings (SSSR count). The number of hydrogen-bond acceptors (Lipinski definition) is 4. The highest BCUT2D eigenvalue weighted by atomic mass is 19.2. The van der Waals surface area contributed by atoms with Crippen LogP contribution in [0.15, 0.2) is 30.3 Å². The summed E-state index contributed by atoms with van der Waals surface area (Å²) < 4.78 is 42.6. The highest BCUT2D eigenvalue weighted by molar-refractivity contribution is 5.51. The van der Waals surface area contributed by atoms with Crippen LogP contribution in [0.3, 0.4) is 0 Å². The van der Waals surface area contributed by atoms with Gasteiger partial charge in [-0.3, -0.25) is 0 Å². The van der Waals surface area contributed by atoms with Gasteiger partial charge in [-0.1, -0.05) is 6.07 Å². The minimum Gasteiger partial charge on any atom is -0.496 e. The monoisotopic (exact) mass is 337 g/mol. The molecule has 0 spiro atoms. The second-order valence-electron chi connectivity index (χ2n) is 5.33. The van der Waals surface area contributed by atoms with Crippen molar-refractivity contribution in [3.8, 4) is 17.2 Å². The molecule has 0 saturated heterocycles. The van der Waals surface area contributed by atoms with Gasteiger partial charge in [-0.05, 0) is 42.3 Å². The summed E-state index contributed by atoms with van der Waals surface area (Å²) in [6.45, 7) is 0.280. The van der Waals surface area contributed by atoms with Crippen molar-refractivity contribution >= 4 is 0 Å². The van der Waals surface area contributed by atoms with Crippen molar-refractivity contribution < 1.29 is 23.0 Å². The fourth-order valence-corrected chi connectivity index (χ4v) is 2.62. The molecule has 4 nitrogen and oxygen atoms in total. The standard InChI is InChI=1S/C18H21F2NO3/c1-22-16-9-18(24-3)17(23-2)8-12(16)6-13(10-21)11-4-5-14(19)15(20)7-11/h4-5,7-9,13H,6,10,21H2,1-3H3. The summed E-state index contributed by atoms with van der Waals surface area (Å²) >= 11 is 0. The zero-order valence-electron chi connectivity index (χ0n) is 13.9. The van der Waals surface area contributed by atoms with Crippen LogP contribution in [0.4, 0.5) is 8.78 Å². The van der Waals surface area contributed by atoms with E-state index < -0.39 is 11.6 Å². The maximum Gasteiger partial charge on any atom is 0.164 e. The van der Waals surface area contributed by atoms with Crippen LogP contribution in [-0.2, 0) is 6.42 Å². The number of halogens is 2. The second-order valence-corrected chi connectivity index (χ2v) is 5.33. The van der Waals surface area contributed by atoms with Crippen molar-refractivity contribution in [3.63, 3.8) is 0 Å². The second kappa shape index (κ2) is 7.97.